The van der Waals surface area contributed by atoms with Crippen LogP contribution in [0.4, 0.5) is 13.2 Å². The summed E-state index contributed by atoms with van der Waals surface area (Å²) >= 11 is 0. The maximum Gasteiger partial charge on any atom is 0.417 e. The van der Waals surface area contributed by atoms with Crippen LogP contribution in [0.2, 0.25) is 0 Å². The summed E-state index contributed by atoms with van der Waals surface area (Å²) < 4.78 is 37.0. The number of nitrogens with two attached hydrogens (primary N) is 1. The molecule has 1 amide bonds. The molecule has 1 aromatic rings. The second-order valence-corrected chi connectivity index (χ2v) is 4.23. The second kappa shape index (κ2) is 7.10. The second-order valence-electron chi connectivity index (χ2n) is 4.23. The first-order valence-electron chi connectivity index (χ1n) is 5.46. The molecule has 1 atom stereocenters. The average Bonchev–Trinajstić information content (AvgIpc) is 2.74. The Morgan fingerprint density at radius 3 is 2.40 bits per heavy atom. The van der Waals surface area contributed by atoms with Gasteiger partial charge < -0.3 is 10.6 Å². The summed E-state index contributed by atoms with van der Waals surface area (Å²) in [6.07, 6.45) is -3.07. The number of likely N-dealkylation sites (tertiary alicyclic amines) is 1. The Labute approximate surface area is 126 Å². The number of amides is 1. The van der Waals surface area contributed by atoms with E-state index in [4.69, 9.17) is 5.73 Å². The first-order chi connectivity index (χ1) is 8.38. The van der Waals surface area contributed by atoms with E-state index >= 15 is 0 Å². The predicted octanol–water partition coefficient (Wildman–Crippen LogP) is 2.12. The van der Waals surface area contributed by atoms with Gasteiger partial charge in [0.25, 0.3) is 5.91 Å². The molecule has 1 aromatic heterocycles. The monoisotopic (exact) mass is 331 g/mol. The molecule has 4 nitrogen and oxygen atoms in total. The third kappa shape index (κ3) is 4.22. The number of halogens is 5. The maximum atomic E-state index is 12.3. The van der Waals surface area contributed by atoms with Gasteiger partial charge in [0.2, 0.25) is 0 Å². The molecule has 0 aromatic carbocycles. The molecule has 9 heteroatoms. The number of carbonyl (C=O) groups excluding carboxylic acids is 1. The molecule has 1 aliphatic heterocycles. The average molecular weight is 332 g/mol. The third-order valence-electron chi connectivity index (χ3n) is 2.82. The lowest BCUT2D eigenvalue weighted by molar-refractivity contribution is -0.137. The lowest BCUT2D eigenvalue weighted by Gasteiger charge is -2.15. The minimum Gasteiger partial charge on any atom is -0.336 e. The number of rotatable bonds is 1. The highest BCUT2D eigenvalue weighted by atomic mass is 35.5. The zero-order valence-corrected chi connectivity index (χ0v) is 11.9. The standard InChI is InChI=1S/C11H12F3N3O.2ClH/c12-11(13,14)7-1-2-9(16-5-7)10(18)17-4-3-8(15)6-17;;/h1-2,5,8H,3-4,6,15H2;2*1H. The van der Waals surface area contributed by atoms with Crippen molar-refractivity contribution in [3.8, 4) is 0 Å². The van der Waals surface area contributed by atoms with Gasteiger partial charge >= 0.3 is 6.18 Å². The fourth-order valence-corrected chi connectivity index (χ4v) is 1.82. The molecule has 1 fully saturated rings. The molecule has 1 unspecified atom stereocenters. The SMILES string of the molecule is Cl.Cl.NC1CCN(C(=O)c2ccc(C(F)(F)F)cn2)C1. The van der Waals surface area contributed by atoms with E-state index in [1.54, 1.807) is 0 Å². The molecule has 2 N–H and O–H groups in total. The van der Waals surface area contributed by atoms with Crippen LogP contribution in [0.25, 0.3) is 0 Å². The number of nitrogens with zero attached hydrogens (tertiary/aromatic N) is 2. The van der Waals surface area contributed by atoms with Crippen LogP contribution in [0.15, 0.2) is 18.3 Å². The number of alkyl halides is 3. The van der Waals surface area contributed by atoms with Crippen molar-refractivity contribution in [3.63, 3.8) is 0 Å². The van der Waals surface area contributed by atoms with Gasteiger partial charge in [0.15, 0.2) is 0 Å². The van der Waals surface area contributed by atoms with Crippen molar-refractivity contribution < 1.29 is 18.0 Å². The van der Waals surface area contributed by atoms with Gasteiger partial charge in [-0.15, -0.1) is 24.8 Å². The summed E-state index contributed by atoms with van der Waals surface area (Å²) in [5.74, 6) is -0.378. The van der Waals surface area contributed by atoms with Gasteiger partial charge in [-0.05, 0) is 18.6 Å². The number of hydrogen-bond acceptors (Lipinski definition) is 3. The van der Waals surface area contributed by atoms with Crippen LogP contribution in [-0.2, 0) is 6.18 Å². The molecule has 0 saturated carbocycles. The summed E-state index contributed by atoms with van der Waals surface area (Å²) in [6, 6.07) is 1.88. The summed E-state index contributed by atoms with van der Waals surface area (Å²) in [4.78, 5) is 16.9. The van der Waals surface area contributed by atoms with Gasteiger partial charge in [0.1, 0.15) is 5.69 Å². The van der Waals surface area contributed by atoms with Crippen LogP contribution in [0.5, 0.6) is 0 Å². The van der Waals surface area contributed by atoms with Gasteiger partial charge in [-0.3, -0.25) is 9.78 Å². The van der Waals surface area contributed by atoms with E-state index in [0.717, 1.165) is 12.1 Å². The van der Waals surface area contributed by atoms with E-state index in [1.807, 2.05) is 0 Å². The van der Waals surface area contributed by atoms with Crippen molar-refractivity contribution in [1.29, 1.82) is 0 Å². The van der Waals surface area contributed by atoms with Crippen LogP contribution >= 0.6 is 24.8 Å². The molecule has 1 aliphatic rings. The molecule has 0 spiro atoms. The molecule has 2 heterocycles. The van der Waals surface area contributed by atoms with E-state index in [9.17, 15) is 18.0 Å². The predicted molar refractivity (Wildman–Crippen MR) is 72.2 cm³/mol. The largest absolute Gasteiger partial charge is 0.417 e. The van der Waals surface area contributed by atoms with Crippen molar-refractivity contribution in [3.05, 3.63) is 29.6 Å². The fraction of sp³-hybridized carbons (Fsp3) is 0.455. The minimum atomic E-state index is -4.44. The summed E-state index contributed by atoms with van der Waals surface area (Å²) in [5.41, 5.74) is 4.81. The van der Waals surface area contributed by atoms with Crippen LogP contribution < -0.4 is 5.73 Å². The summed E-state index contributed by atoms with van der Waals surface area (Å²) in [6.45, 7) is 0.935. The van der Waals surface area contributed by atoms with Crippen molar-refractivity contribution in [2.45, 2.75) is 18.6 Å². The van der Waals surface area contributed by atoms with Gasteiger partial charge in [-0.1, -0.05) is 0 Å². The first kappa shape index (κ1) is 18.9. The fourth-order valence-electron chi connectivity index (χ4n) is 1.82. The normalized spacial score (nSPS) is 18.2. The number of pyridine rings is 1. The van der Waals surface area contributed by atoms with Crippen LogP contribution in [-0.4, -0.2) is 34.9 Å². The third-order valence-corrected chi connectivity index (χ3v) is 2.82. The van der Waals surface area contributed by atoms with Crippen molar-refractivity contribution in [2.24, 2.45) is 5.73 Å². The van der Waals surface area contributed by atoms with Crippen molar-refractivity contribution in [1.82, 2.24) is 9.88 Å². The smallest absolute Gasteiger partial charge is 0.336 e. The number of hydrogen-bond donors (Lipinski definition) is 1. The Hall–Kier alpha value is -1.05. The van der Waals surface area contributed by atoms with Gasteiger partial charge in [0, 0.05) is 25.3 Å². The van der Waals surface area contributed by atoms with Crippen LogP contribution in [0.1, 0.15) is 22.5 Å². The summed E-state index contributed by atoms with van der Waals surface area (Å²) in [7, 11) is 0. The highest BCUT2D eigenvalue weighted by molar-refractivity contribution is 5.92. The number of carbonyl (C=O) groups is 1. The maximum absolute atomic E-state index is 12.3. The molecule has 1 saturated heterocycles. The van der Waals surface area contributed by atoms with E-state index in [-0.39, 0.29) is 42.5 Å². The van der Waals surface area contributed by atoms with E-state index in [2.05, 4.69) is 4.98 Å². The lowest BCUT2D eigenvalue weighted by Crippen LogP contribution is -2.32. The molecule has 0 radical (unpaired) electrons. The van der Waals surface area contributed by atoms with E-state index in [1.165, 1.54) is 4.90 Å². The minimum absolute atomic E-state index is 0. The highest BCUT2D eigenvalue weighted by Gasteiger charge is 2.31. The molecule has 2 rings (SSSR count). The Morgan fingerprint density at radius 1 is 1.35 bits per heavy atom. The molecule has 0 bridgehead atoms. The Balaban J connectivity index is 0.00000180. The molecular weight excluding hydrogens is 318 g/mol. The zero-order valence-electron chi connectivity index (χ0n) is 10.3. The van der Waals surface area contributed by atoms with E-state index in [0.29, 0.717) is 25.7 Å². The van der Waals surface area contributed by atoms with Gasteiger partial charge in [-0.2, -0.15) is 13.2 Å². The molecular formula is C11H14Cl2F3N3O. The first-order valence-corrected chi connectivity index (χ1v) is 5.46. The molecule has 0 aliphatic carbocycles. The molecule has 114 valence electrons. The topological polar surface area (TPSA) is 59.2 Å². The number of aromatic nitrogens is 1. The van der Waals surface area contributed by atoms with Crippen LogP contribution in [0, 0.1) is 0 Å². The Morgan fingerprint density at radius 2 is 2.00 bits per heavy atom. The van der Waals surface area contributed by atoms with Crippen molar-refractivity contribution >= 4 is 30.7 Å². The zero-order chi connectivity index (χ0) is 13.3. The summed E-state index contributed by atoms with van der Waals surface area (Å²) in [5, 5.41) is 0. The lowest BCUT2D eigenvalue weighted by atomic mass is 10.2. The molecule has 20 heavy (non-hydrogen) atoms. The van der Waals surface area contributed by atoms with E-state index < -0.39 is 11.7 Å². The Kier molecular flexibility index (Phi) is 6.73. The van der Waals surface area contributed by atoms with Crippen LogP contribution in [0.3, 0.4) is 0 Å². The highest BCUT2D eigenvalue weighted by Crippen LogP contribution is 2.28. The quantitative estimate of drug-likeness (QED) is 0.857. The van der Waals surface area contributed by atoms with Gasteiger partial charge in [0.05, 0.1) is 5.56 Å². The van der Waals surface area contributed by atoms with Gasteiger partial charge in [-0.25, -0.2) is 0 Å². The Bertz CT molecular complexity index is 453. The van der Waals surface area contributed by atoms with Crippen molar-refractivity contribution in [2.75, 3.05) is 13.1 Å².